The average molecular weight is 330 g/mol. The van der Waals surface area contributed by atoms with Gasteiger partial charge >= 0.3 is 0 Å². The maximum absolute atomic E-state index is 12.5. The third-order valence-electron chi connectivity index (χ3n) is 4.10. The Morgan fingerprint density at radius 3 is 2.48 bits per heavy atom. The number of rotatable bonds is 3. The minimum absolute atomic E-state index is 0.0163. The molecule has 0 spiro atoms. The van der Waals surface area contributed by atoms with Crippen molar-refractivity contribution >= 4 is 25.6 Å². The van der Waals surface area contributed by atoms with E-state index in [9.17, 15) is 13.2 Å². The number of carbonyl (C=O) groups is 1. The summed E-state index contributed by atoms with van der Waals surface area (Å²) >= 11 is 0. The molecule has 1 aromatic carbocycles. The Hall–Kier alpha value is -1.07. The van der Waals surface area contributed by atoms with E-state index >= 15 is 0 Å². The zero-order valence-corrected chi connectivity index (χ0v) is 13.7. The first-order valence-electron chi connectivity index (χ1n) is 7.26. The van der Waals surface area contributed by atoms with Crippen LogP contribution in [0.1, 0.15) is 43.0 Å². The third kappa shape index (κ3) is 4.20. The van der Waals surface area contributed by atoms with Crippen LogP contribution in [0.4, 0.5) is 0 Å². The Balaban J connectivity index is 2.09. The smallest absolute Gasteiger partial charge is 0.261 e. The average Bonchev–Trinajstić information content (AvgIpc) is 2.71. The van der Waals surface area contributed by atoms with E-state index in [2.05, 4.69) is 6.92 Å². The molecule has 1 heterocycles. The van der Waals surface area contributed by atoms with Gasteiger partial charge in [0, 0.05) is 29.3 Å². The fourth-order valence-electron chi connectivity index (χ4n) is 2.72. The summed E-state index contributed by atoms with van der Waals surface area (Å²) in [6.45, 7) is 3.73. The van der Waals surface area contributed by atoms with Gasteiger partial charge in [-0.2, -0.15) is 0 Å². The fraction of sp³-hybridized carbons (Fsp3) is 0.533. The van der Waals surface area contributed by atoms with Gasteiger partial charge in [-0.05, 0) is 49.4 Å². The number of carbonyl (C=O) groups excluding carboxylic acids is 1. The standard InChI is InChI=1S/C15H20ClNO3S/c1-2-12-4-3-10-17(11-9-12)15(18)13-5-7-14(8-6-13)21(16,19)20/h5-8,12H,2-4,9-11H2,1H3. The fourth-order valence-corrected chi connectivity index (χ4v) is 3.49. The predicted octanol–water partition coefficient (Wildman–Crippen LogP) is 3.27. The molecule has 1 aliphatic rings. The van der Waals surface area contributed by atoms with Crippen LogP contribution in [0.25, 0.3) is 0 Å². The molecule has 0 bridgehead atoms. The van der Waals surface area contributed by atoms with Crippen molar-refractivity contribution in [2.75, 3.05) is 13.1 Å². The summed E-state index contributed by atoms with van der Waals surface area (Å²) in [5.41, 5.74) is 0.508. The molecule has 1 saturated heterocycles. The van der Waals surface area contributed by atoms with Gasteiger partial charge in [0.05, 0.1) is 4.90 Å². The molecule has 0 saturated carbocycles. The van der Waals surface area contributed by atoms with E-state index in [0.29, 0.717) is 11.5 Å². The minimum atomic E-state index is -3.74. The maximum Gasteiger partial charge on any atom is 0.261 e. The van der Waals surface area contributed by atoms with Crippen LogP contribution in [-0.2, 0) is 9.05 Å². The quantitative estimate of drug-likeness (QED) is 0.800. The van der Waals surface area contributed by atoms with Gasteiger partial charge < -0.3 is 4.90 Å². The number of amides is 1. The molecule has 1 fully saturated rings. The highest BCUT2D eigenvalue weighted by Gasteiger charge is 2.21. The van der Waals surface area contributed by atoms with E-state index in [1.807, 2.05) is 4.90 Å². The zero-order chi connectivity index (χ0) is 15.5. The van der Waals surface area contributed by atoms with Crippen molar-refractivity contribution in [2.45, 2.75) is 37.5 Å². The Morgan fingerprint density at radius 1 is 1.24 bits per heavy atom. The summed E-state index contributed by atoms with van der Waals surface area (Å²) in [5.74, 6) is 0.664. The van der Waals surface area contributed by atoms with Gasteiger partial charge in [0.2, 0.25) is 0 Å². The molecule has 1 unspecified atom stereocenters. The lowest BCUT2D eigenvalue weighted by Crippen LogP contribution is -2.32. The maximum atomic E-state index is 12.5. The summed E-state index contributed by atoms with van der Waals surface area (Å²) in [5, 5.41) is 0. The second-order valence-corrected chi connectivity index (χ2v) is 8.03. The molecule has 6 heteroatoms. The largest absolute Gasteiger partial charge is 0.339 e. The molecule has 1 aromatic rings. The van der Waals surface area contributed by atoms with Crippen LogP contribution in [0.3, 0.4) is 0 Å². The number of benzene rings is 1. The lowest BCUT2D eigenvalue weighted by Gasteiger charge is -2.20. The van der Waals surface area contributed by atoms with Crippen LogP contribution in [0.15, 0.2) is 29.2 Å². The van der Waals surface area contributed by atoms with E-state index in [1.54, 1.807) is 0 Å². The van der Waals surface area contributed by atoms with Crippen molar-refractivity contribution in [1.29, 1.82) is 0 Å². The normalized spacial score (nSPS) is 20.1. The molecule has 1 aliphatic heterocycles. The number of hydrogen-bond acceptors (Lipinski definition) is 3. The molecule has 21 heavy (non-hydrogen) atoms. The third-order valence-corrected chi connectivity index (χ3v) is 5.46. The highest BCUT2D eigenvalue weighted by molar-refractivity contribution is 8.13. The number of nitrogens with zero attached hydrogens (tertiary/aromatic N) is 1. The monoisotopic (exact) mass is 329 g/mol. The van der Waals surface area contributed by atoms with Crippen molar-refractivity contribution in [3.8, 4) is 0 Å². The Bertz CT molecular complexity index is 598. The van der Waals surface area contributed by atoms with Crippen molar-refractivity contribution in [3.63, 3.8) is 0 Å². The van der Waals surface area contributed by atoms with E-state index in [1.165, 1.54) is 30.7 Å². The Labute approximate surface area is 130 Å². The van der Waals surface area contributed by atoms with Crippen molar-refractivity contribution in [1.82, 2.24) is 4.90 Å². The van der Waals surface area contributed by atoms with Crippen molar-refractivity contribution in [3.05, 3.63) is 29.8 Å². The molecule has 116 valence electrons. The molecule has 0 aromatic heterocycles. The predicted molar refractivity (Wildman–Crippen MR) is 83.0 cm³/mol. The highest BCUT2D eigenvalue weighted by Crippen LogP contribution is 2.22. The summed E-state index contributed by atoms with van der Waals surface area (Å²) in [6, 6.07) is 5.81. The summed E-state index contributed by atoms with van der Waals surface area (Å²) in [4.78, 5) is 14.3. The Kier molecular flexibility index (Phi) is 5.27. The molecule has 2 rings (SSSR count). The second-order valence-electron chi connectivity index (χ2n) is 5.46. The van der Waals surface area contributed by atoms with Crippen LogP contribution < -0.4 is 0 Å². The van der Waals surface area contributed by atoms with Crippen LogP contribution in [0.2, 0.25) is 0 Å². The Morgan fingerprint density at radius 2 is 1.90 bits per heavy atom. The molecular weight excluding hydrogens is 310 g/mol. The van der Waals surface area contributed by atoms with Gasteiger partial charge in [0.1, 0.15) is 0 Å². The first-order chi connectivity index (χ1) is 9.91. The molecule has 0 radical (unpaired) electrons. The van der Waals surface area contributed by atoms with Crippen LogP contribution >= 0.6 is 10.7 Å². The second kappa shape index (κ2) is 6.79. The van der Waals surface area contributed by atoms with E-state index in [-0.39, 0.29) is 10.8 Å². The molecule has 1 atom stereocenters. The first kappa shape index (κ1) is 16.3. The number of likely N-dealkylation sites (tertiary alicyclic amines) is 1. The topological polar surface area (TPSA) is 54.5 Å². The lowest BCUT2D eigenvalue weighted by molar-refractivity contribution is 0.0760. The minimum Gasteiger partial charge on any atom is -0.339 e. The van der Waals surface area contributed by atoms with Gasteiger partial charge in [-0.3, -0.25) is 4.79 Å². The number of hydrogen-bond donors (Lipinski definition) is 0. The SMILES string of the molecule is CCC1CCCN(C(=O)c2ccc(S(=O)(=O)Cl)cc2)CC1. The van der Waals surface area contributed by atoms with E-state index in [0.717, 1.165) is 32.4 Å². The summed E-state index contributed by atoms with van der Waals surface area (Å²) < 4.78 is 22.4. The van der Waals surface area contributed by atoms with Crippen molar-refractivity contribution < 1.29 is 13.2 Å². The molecule has 0 N–H and O–H groups in total. The van der Waals surface area contributed by atoms with E-state index in [4.69, 9.17) is 10.7 Å². The zero-order valence-electron chi connectivity index (χ0n) is 12.1. The van der Waals surface area contributed by atoms with Gasteiger partial charge in [-0.1, -0.05) is 13.3 Å². The first-order valence-corrected chi connectivity index (χ1v) is 9.56. The lowest BCUT2D eigenvalue weighted by atomic mass is 9.98. The summed E-state index contributed by atoms with van der Waals surface area (Å²) in [7, 11) is 1.53. The molecular formula is C15H20ClNO3S. The van der Waals surface area contributed by atoms with Crippen LogP contribution in [-0.4, -0.2) is 32.3 Å². The summed E-state index contributed by atoms with van der Waals surface area (Å²) in [6.07, 6.45) is 4.39. The highest BCUT2D eigenvalue weighted by atomic mass is 35.7. The van der Waals surface area contributed by atoms with Gasteiger partial charge in [0.25, 0.3) is 15.0 Å². The van der Waals surface area contributed by atoms with Crippen LogP contribution in [0, 0.1) is 5.92 Å². The number of halogens is 1. The van der Waals surface area contributed by atoms with Gasteiger partial charge in [-0.25, -0.2) is 8.42 Å². The molecule has 4 nitrogen and oxygen atoms in total. The van der Waals surface area contributed by atoms with Crippen molar-refractivity contribution in [2.24, 2.45) is 5.92 Å². The van der Waals surface area contributed by atoms with Crippen LogP contribution in [0.5, 0.6) is 0 Å². The molecule has 1 amide bonds. The molecule has 0 aliphatic carbocycles. The van der Waals surface area contributed by atoms with Gasteiger partial charge in [0.15, 0.2) is 0 Å². The van der Waals surface area contributed by atoms with Gasteiger partial charge in [-0.15, -0.1) is 0 Å². The van der Waals surface area contributed by atoms with E-state index < -0.39 is 9.05 Å².